The Morgan fingerprint density at radius 3 is 2.63 bits per heavy atom. The van der Waals surface area contributed by atoms with Crippen LogP contribution in [0.3, 0.4) is 0 Å². The maximum Gasteiger partial charge on any atom is 0.310 e. The number of hydrogen-bond acceptors (Lipinski definition) is 6. The largest absolute Gasteiger partial charge is 0.598 e. The fourth-order valence-corrected chi connectivity index (χ4v) is 5.26. The summed E-state index contributed by atoms with van der Waals surface area (Å²) in [5, 5.41) is 1.09. The highest BCUT2D eigenvalue weighted by molar-refractivity contribution is 7.90. The first-order chi connectivity index (χ1) is 19.5. The Morgan fingerprint density at radius 1 is 1.15 bits per heavy atom. The summed E-state index contributed by atoms with van der Waals surface area (Å²) < 4.78 is 42.6. The number of carbonyl (C=O) groups excluding carboxylic acids is 1. The van der Waals surface area contributed by atoms with Crippen LogP contribution >= 0.6 is 0 Å². The molecule has 1 atom stereocenters. The van der Waals surface area contributed by atoms with E-state index < -0.39 is 23.1 Å². The average Bonchev–Trinajstić information content (AvgIpc) is 3.35. The minimum Gasteiger partial charge on any atom is -0.598 e. The Balaban J connectivity index is 1.67. The van der Waals surface area contributed by atoms with Crippen molar-refractivity contribution in [1.82, 2.24) is 14.3 Å². The minimum atomic E-state index is -1.21. The molecule has 7 nitrogen and oxygen atoms in total. The summed E-state index contributed by atoms with van der Waals surface area (Å²) in [6, 6.07) is 14.7. The summed E-state index contributed by atoms with van der Waals surface area (Å²) in [6.07, 6.45) is 3.77. The van der Waals surface area contributed by atoms with Crippen LogP contribution in [-0.2, 0) is 40.5 Å². The fraction of sp³-hybridized carbons (Fsp3) is 0.375. The second-order valence-corrected chi connectivity index (χ2v) is 13.2. The zero-order valence-electron chi connectivity index (χ0n) is 24.5. The Bertz CT molecular complexity index is 1510. The van der Waals surface area contributed by atoms with E-state index in [0.717, 1.165) is 33.3 Å². The van der Waals surface area contributed by atoms with Crippen molar-refractivity contribution in [2.45, 2.75) is 71.9 Å². The molecule has 9 heteroatoms. The molecule has 0 saturated heterocycles. The Labute approximate surface area is 244 Å². The molecule has 0 aliphatic rings. The molecular formula is C32H38FN3O4S. The van der Waals surface area contributed by atoms with Crippen LogP contribution in [0, 0.1) is 5.82 Å². The zero-order chi connectivity index (χ0) is 29.7. The van der Waals surface area contributed by atoms with Gasteiger partial charge < -0.3 is 18.6 Å². The number of carbonyl (C=O) groups is 1. The van der Waals surface area contributed by atoms with Crippen molar-refractivity contribution < 1.29 is 23.2 Å². The van der Waals surface area contributed by atoms with Gasteiger partial charge in [-0.25, -0.2) is 4.39 Å². The number of nitrogens with zero attached hydrogens (tertiary/aromatic N) is 2. The quantitative estimate of drug-likeness (QED) is 0.158. The topological polar surface area (TPSA) is 88.4 Å². The maximum absolute atomic E-state index is 14.0. The second kappa shape index (κ2) is 13.1. The smallest absolute Gasteiger partial charge is 0.310 e. The van der Waals surface area contributed by atoms with Gasteiger partial charge in [0.1, 0.15) is 22.9 Å². The van der Waals surface area contributed by atoms with Gasteiger partial charge in [0.25, 0.3) is 0 Å². The maximum atomic E-state index is 14.0. The van der Waals surface area contributed by atoms with Gasteiger partial charge in [-0.15, -0.1) is 4.72 Å². The molecule has 4 rings (SSSR count). The Morgan fingerprint density at radius 2 is 1.93 bits per heavy atom. The van der Waals surface area contributed by atoms with Gasteiger partial charge in [-0.2, -0.15) is 0 Å². The number of pyridine rings is 1. The molecule has 41 heavy (non-hydrogen) atoms. The van der Waals surface area contributed by atoms with E-state index in [1.807, 2.05) is 32.9 Å². The van der Waals surface area contributed by atoms with Crippen LogP contribution in [0.4, 0.5) is 4.39 Å². The molecule has 2 aromatic heterocycles. The summed E-state index contributed by atoms with van der Waals surface area (Å²) in [5.41, 5.74) is 5.21. The molecule has 0 spiro atoms. The number of hydrogen-bond donors (Lipinski definition) is 1. The lowest BCUT2D eigenvalue weighted by molar-refractivity contribution is -0.142. The van der Waals surface area contributed by atoms with E-state index in [-0.39, 0.29) is 30.4 Å². The number of aromatic nitrogens is 2. The van der Waals surface area contributed by atoms with Gasteiger partial charge in [0.2, 0.25) is 0 Å². The summed E-state index contributed by atoms with van der Waals surface area (Å²) in [6.45, 7) is 12.6. The van der Waals surface area contributed by atoms with Gasteiger partial charge in [-0.05, 0) is 107 Å². The van der Waals surface area contributed by atoms with Crippen molar-refractivity contribution in [3.05, 3.63) is 83.6 Å². The van der Waals surface area contributed by atoms with Gasteiger partial charge in [0.15, 0.2) is 0 Å². The number of benzene rings is 2. The second-order valence-electron chi connectivity index (χ2n) is 11.2. The first-order valence-electron chi connectivity index (χ1n) is 13.8. The lowest BCUT2D eigenvalue weighted by Crippen LogP contribution is -2.39. The summed E-state index contributed by atoms with van der Waals surface area (Å²) in [7, 11) is 0. The van der Waals surface area contributed by atoms with Gasteiger partial charge >= 0.3 is 5.97 Å². The molecule has 0 amide bonds. The molecule has 0 aliphatic heterocycles. The van der Waals surface area contributed by atoms with E-state index in [9.17, 15) is 13.7 Å². The van der Waals surface area contributed by atoms with Gasteiger partial charge in [-0.3, -0.25) is 9.78 Å². The third kappa shape index (κ3) is 7.67. The Hall–Kier alpha value is -3.40. The number of halogens is 1. The molecule has 0 saturated carbocycles. The molecule has 0 fully saturated rings. The number of ether oxygens (including phenoxy) is 2. The monoisotopic (exact) mass is 579 g/mol. The van der Waals surface area contributed by atoms with Gasteiger partial charge in [0.05, 0.1) is 25.3 Å². The summed E-state index contributed by atoms with van der Waals surface area (Å²) in [5.74, 6) is -0.440. The van der Waals surface area contributed by atoms with Crippen LogP contribution in [0.25, 0.3) is 22.0 Å². The molecule has 0 bridgehead atoms. The van der Waals surface area contributed by atoms with Crippen molar-refractivity contribution in [2.24, 2.45) is 0 Å². The third-order valence-electron chi connectivity index (χ3n) is 6.58. The molecule has 4 aromatic rings. The number of fused-ring (bicyclic) bond motifs is 1. The van der Waals surface area contributed by atoms with Crippen LogP contribution < -0.4 is 9.46 Å². The van der Waals surface area contributed by atoms with Gasteiger partial charge in [0, 0.05) is 46.3 Å². The van der Waals surface area contributed by atoms with E-state index in [4.69, 9.17) is 9.47 Å². The highest BCUT2D eigenvalue weighted by Gasteiger charge is 2.26. The van der Waals surface area contributed by atoms with Crippen LogP contribution in [0.1, 0.15) is 64.4 Å². The molecule has 1 unspecified atom stereocenters. The predicted octanol–water partition coefficient (Wildman–Crippen LogP) is 6.66. The van der Waals surface area contributed by atoms with E-state index in [0.29, 0.717) is 17.9 Å². The van der Waals surface area contributed by atoms with Gasteiger partial charge in [-0.1, -0.05) is 0 Å². The van der Waals surface area contributed by atoms with E-state index in [1.54, 1.807) is 19.2 Å². The Kier molecular flexibility index (Phi) is 9.73. The van der Waals surface area contributed by atoms with Crippen molar-refractivity contribution >= 4 is 28.2 Å². The van der Waals surface area contributed by atoms with Crippen LogP contribution in [-0.4, -0.2) is 31.4 Å². The molecule has 218 valence electrons. The molecule has 0 radical (unpaired) electrons. The van der Waals surface area contributed by atoms with E-state index in [1.165, 1.54) is 12.1 Å². The highest BCUT2D eigenvalue weighted by atomic mass is 32.2. The molecule has 2 heterocycles. The minimum absolute atomic E-state index is 0.0742. The standard InChI is InChI=1S/C32H38FN3O4S/c1-7-39-31(37)18-24-16-25(33)8-9-30(24)40-20-22-14-28(27-11-13-36(21(2)3)29(27)15-22)23-10-12-34-26(17-23)19-35-41(38)32(4,5)6/h8-17,21,35H,7,18-20H2,1-6H3. The normalized spacial score (nSPS) is 12.6. The third-order valence-corrected chi connectivity index (χ3v) is 8.10. The number of nitrogens with one attached hydrogen (secondary N) is 1. The average molecular weight is 580 g/mol. The predicted molar refractivity (Wildman–Crippen MR) is 161 cm³/mol. The SMILES string of the molecule is CCOC(=O)Cc1cc(F)ccc1OCc1cc(-c2ccnc(CN[S+]([O-])C(C)(C)C)c2)c2ccn(C(C)C)c2c1. The van der Waals surface area contributed by atoms with E-state index in [2.05, 4.69) is 52.5 Å². The highest BCUT2D eigenvalue weighted by Crippen LogP contribution is 2.33. The van der Waals surface area contributed by atoms with Crippen molar-refractivity contribution in [3.8, 4) is 16.9 Å². The number of rotatable bonds is 11. The van der Waals surface area contributed by atoms with Crippen molar-refractivity contribution in [1.29, 1.82) is 0 Å². The zero-order valence-corrected chi connectivity index (χ0v) is 25.3. The lowest BCUT2D eigenvalue weighted by atomic mass is 9.99. The fourth-order valence-electron chi connectivity index (χ4n) is 4.55. The first-order valence-corrected chi connectivity index (χ1v) is 14.9. The molecule has 2 aromatic carbocycles. The molecule has 0 aliphatic carbocycles. The van der Waals surface area contributed by atoms with Crippen LogP contribution in [0.2, 0.25) is 0 Å². The van der Waals surface area contributed by atoms with E-state index >= 15 is 0 Å². The van der Waals surface area contributed by atoms with Crippen LogP contribution in [0.5, 0.6) is 5.75 Å². The van der Waals surface area contributed by atoms with Crippen molar-refractivity contribution in [2.75, 3.05) is 6.61 Å². The lowest BCUT2D eigenvalue weighted by Gasteiger charge is -2.23. The van der Waals surface area contributed by atoms with Crippen LogP contribution in [0.15, 0.2) is 60.9 Å². The molecular weight excluding hydrogens is 541 g/mol. The first kappa shape index (κ1) is 30.6. The summed E-state index contributed by atoms with van der Waals surface area (Å²) >= 11 is -1.21. The summed E-state index contributed by atoms with van der Waals surface area (Å²) in [4.78, 5) is 16.6. The van der Waals surface area contributed by atoms with Crippen molar-refractivity contribution in [3.63, 3.8) is 0 Å². The number of esters is 1. The molecule has 1 N–H and O–H groups in total.